The molecule has 0 aliphatic rings. The number of ether oxygens (including phenoxy) is 3. The van der Waals surface area contributed by atoms with Gasteiger partial charge < -0.3 is 14.2 Å². The molecule has 0 bridgehead atoms. The second-order valence-corrected chi connectivity index (χ2v) is 6.98. The van der Waals surface area contributed by atoms with E-state index < -0.39 is 5.41 Å². The molecule has 5 nitrogen and oxygen atoms in total. The Bertz CT molecular complexity index is 542. The van der Waals surface area contributed by atoms with Crippen LogP contribution in [0.25, 0.3) is 0 Å². The van der Waals surface area contributed by atoms with E-state index in [1.54, 1.807) is 31.2 Å². The number of benzene rings is 1. The van der Waals surface area contributed by atoms with E-state index in [4.69, 9.17) is 14.2 Å². The number of rotatable bonds is 9. The third-order valence-electron chi connectivity index (χ3n) is 3.57. The summed E-state index contributed by atoms with van der Waals surface area (Å²) in [6.45, 7) is 10.0. The molecule has 140 valence electrons. The number of hydrogen-bond donors (Lipinski definition) is 0. The molecule has 1 aromatic rings. The molecule has 0 aromatic heterocycles. The predicted octanol–water partition coefficient (Wildman–Crippen LogP) is 4.39. The fraction of sp³-hybridized carbons (Fsp3) is 0.600. The van der Waals surface area contributed by atoms with E-state index >= 15 is 0 Å². The van der Waals surface area contributed by atoms with Crippen molar-refractivity contribution in [3.8, 4) is 5.75 Å². The van der Waals surface area contributed by atoms with E-state index in [1.165, 1.54) is 0 Å². The summed E-state index contributed by atoms with van der Waals surface area (Å²) < 4.78 is 16.3. The Hall–Kier alpha value is -2.04. The first-order valence-corrected chi connectivity index (χ1v) is 8.89. The molecule has 0 saturated heterocycles. The van der Waals surface area contributed by atoms with E-state index in [0.29, 0.717) is 24.5 Å². The summed E-state index contributed by atoms with van der Waals surface area (Å²) in [6, 6.07) is 6.76. The maximum absolute atomic E-state index is 12.1. The Balaban J connectivity index is 2.63. The van der Waals surface area contributed by atoms with Crippen LogP contribution in [0.4, 0.5) is 0 Å². The topological polar surface area (TPSA) is 61.8 Å². The second kappa shape index (κ2) is 10.1. The quantitative estimate of drug-likeness (QED) is 0.618. The van der Waals surface area contributed by atoms with Gasteiger partial charge in [0.15, 0.2) is 0 Å². The normalized spacial score (nSPS) is 12.4. The lowest BCUT2D eigenvalue weighted by Crippen LogP contribution is -2.31. The number of carbonyl (C=O) groups excluding carboxylic acids is 2. The van der Waals surface area contributed by atoms with Gasteiger partial charge in [0.25, 0.3) is 0 Å². The molecular formula is C20H30O5. The van der Waals surface area contributed by atoms with Gasteiger partial charge in [-0.05, 0) is 64.8 Å². The van der Waals surface area contributed by atoms with Crippen LogP contribution in [-0.4, -0.2) is 31.3 Å². The van der Waals surface area contributed by atoms with Gasteiger partial charge in [-0.15, -0.1) is 0 Å². The molecule has 1 rings (SSSR count). The molecule has 25 heavy (non-hydrogen) atoms. The Labute approximate surface area is 150 Å². The fourth-order valence-electron chi connectivity index (χ4n) is 2.03. The minimum atomic E-state index is -0.536. The Morgan fingerprint density at radius 3 is 2.24 bits per heavy atom. The first kappa shape index (κ1) is 21.0. The third-order valence-corrected chi connectivity index (χ3v) is 3.57. The molecule has 0 heterocycles. The molecule has 1 aromatic carbocycles. The molecule has 0 saturated carbocycles. The zero-order chi connectivity index (χ0) is 18.9. The van der Waals surface area contributed by atoms with Crippen molar-refractivity contribution >= 4 is 11.9 Å². The number of hydrogen-bond acceptors (Lipinski definition) is 5. The lowest BCUT2D eigenvalue weighted by atomic mass is 9.97. The Morgan fingerprint density at radius 2 is 1.72 bits per heavy atom. The summed E-state index contributed by atoms with van der Waals surface area (Å²) in [5.41, 5.74) is -0.0537. The Morgan fingerprint density at radius 1 is 1.08 bits per heavy atom. The van der Waals surface area contributed by atoms with Crippen molar-refractivity contribution in [1.82, 2.24) is 0 Å². The van der Waals surface area contributed by atoms with Crippen molar-refractivity contribution in [2.75, 3.05) is 13.2 Å². The average Bonchev–Trinajstić information content (AvgIpc) is 2.57. The molecule has 0 spiro atoms. The molecule has 0 aliphatic heterocycles. The van der Waals surface area contributed by atoms with Crippen LogP contribution in [0.15, 0.2) is 24.3 Å². The molecule has 5 heteroatoms. The molecule has 0 aliphatic carbocycles. The fourth-order valence-corrected chi connectivity index (χ4v) is 2.03. The van der Waals surface area contributed by atoms with Gasteiger partial charge in [-0.2, -0.15) is 0 Å². The van der Waals surface area contributed by atoms with E-state index in [-0.39, 0.29) is 18.0 Å². The smallest absolute Gasteiger partial charge is 0.338 e. The van der Waals surface area contributed by atoms with Gasteiger partial charge >= 0.3 is 11.9 Å². The van der Waals surface area contributed by atoms with Crippen molar-refractivity contribution in [3.63, 3.8) is 0 Å². The molecule has 0 amide bonds. The first-order chi connectivity index (χ1) is 11.8. The minimum Gasteiger partial charge on any atom is -0.490 e. The van der Waals surface area contributed by atoms with Gasteiger partial charge in [0.05, 0.1) is 17.6 Å². The van der Waals surface area contributed by atoms with E-state index in [2.05, 4.69) is 6.92 Å². The van der Waals surface area contributed by atoms with Crippen LogP contribution in [0.5, 0.6) is 5.75 Å². The zero-order valence-electron chi connectivity index (χ0n) is 16.0. The van der Waals surface area contributed by atoms with E-state index in [9.17, 15) is 9.59 Å². The van der Waals surface area contributed by atoms with E-state index in [1.807, 2.05) is 20.8 Å². The first-order valence-electron chi connectivity index (χ1n) is 8.89. The highest BCUT2D eigenvalue weighted by atomic mass is 16.6. The molecule has 1 atom stereocenters. The van der Waals surface area contributed by atoms with Crippen LogP contribution in [0.2, 0.25) is 0 Å². The molecule has 0 N–H and O–H groups in total. The molecule has 0 radical (unpaired) electrons. The van der Waals surface area contributed by atoms with Gasteiger partial charge in [0.1, 0.15) is 18.5 Å². The van der Waals surface area contributed by atoms with Gasteiger partial charge in [0.2, 0.25) is 0 Å². The van der Waals surface area contributed by atoms with Gasteiger partial charge in [-0.1, -0.05) is 13.3 Å². The SMILES string of the molecule is CCCCC(COc1ccc(C(=O)OCC)cc1)OC(=O)C(C)(C)C. The third kappa shape index (κ3) is 7.59. The van der Waals surface area contributed by atoms with Gasteiger partial charge in [0, 0.05) is 0 Å². The number of carbonyl (C=O) groups is 2. The lowest BCUT2D eigenvalue weighted by molar-refractivity contribution is -0.160. The second-order valence-electron chi connectivity index (χ2n) is 6.98. The summed E-state index contributed by atoms with van der Waals surface area (Å²) in [6.07, 6.45) is 2.47. The summed E-state index contributed by atoms with van der Waals surface area (Å²) in [4.78, 5) is 23.7. The largest absolute Gasteiger partial charge is 0.490 e. The van der Waals surface area contributed by atoms with Crippen LogP contribution in [0.1, 0.15) is 64.2 Å². The summed E-state index contributed by atoms with van der Waals surface area (Å²) in [7, 11) is 0. The highest BCUT2D eigenvalue weighted by Gasteiger charge is 2.26. The highest BCUT2D eigenvalue weighted by molar-refractivity contribution is 5.89. The van der Waals surface area contributed by atoms with E-state index in [0.717, 1.165) is 19.3 Å². The van der Waals surface area contributed by atoms with Gasteiger partial charge in [-0.25, -0.2) is 4.79 Å². The van der Waals surface area contributed by atoms with Crippen molar-refractivity contribution < 1.29 is 23.8 Å². The maximum Gasteiger partial charge on any atom is 0.338 e. The lowest BCUT2D eigenvalue weighted by Gasteiger charge is -2.23. The van der Waals surface area contributed by atoms with Crippen molar-refractivity contribution in [1.29, 1.82) is 0 Å². The predicted molar refractivity (Wildman–Crippen MR) is 96.8 cm³/mol. The molecule has 0 fully saturated rings. The van der Waals surface area contributed by atoms with Crippen LogP contribution >= 0.6 is 0 Å². The standard InChI is InChI=1S/C20H30O5/c1-6-8-9-17(25-19(22)20(3,4)5)14-24-16-12-10-15(11-13-16)18(21)23-7-2/h10-13,17H,6-9,14H2,1-5H3. The summed E-state index contributed by atoms with van der Waals surface area (Å²) in [5.74, 6) is 0.0465. The molecule has 1 unspecified atom stereocenters. The zero-order valence-corrected chi connectivity index (χ0v) is 16.0. The highest BCUT2D eigenvalue weighted by Crippen LogP contribution is 2.19. The summed E-state index contributed by atoms with van der Waals surface area (Å²) >= 11 is 0. The number of unbranched alkanes of at least 4 members (excludes halogenated alkanes) is 1. The minimum absolute atomic E-state index is 0.227. The Kier molecular flexibility index (Phi) is 8.46. The number of esters is 2. The van der Waals surface area contributed by atoms with Crippen LogP contribution in [-0.2, 0) is 14.3 Å². The van der Waals surface area contributed by atoms with Crippen molar-refractivity contribution in [3.05, 3.63) is 29.8 Å². The maximum atomic E-state index is 12.1. The summed E-state index contributed by atoms with van der Waals surface area (Å²) in [5, 5.41) is 0. The van der Waals surface area contributed by atoms with Crippen LogP contribution in [0, 0.1) is 5.41 Å². The van der Waals surface area contributed by atoms with Crippen molar-refractivity contribution in [2.45, 2.75) is 60.0 Å². The van der Waals surface area contributed by atoms with Crippen molar-refractivity contribution in [2.24, 2.45) is 5.41 Å². The van der Waals surface area contributed by atoms with Crippen LogP contribution < -0.4 is 4.74 Å². The van der Waals surface area contributed by atoms with Gasteiger partial charge in [-0.3, -0.25) is 4.79 Å². The molecular weight excluding hydrogens is 320 g/mol. The monoisotopic (exact) mass is 350 g/mol. The average molecular weight is 350 g/mol. The van der Waals surface area contributed by atoms with Crippen LogP contribution in [0.3, 0.4) is 0 Å².